The third kappa shape index (κ3) is 6.45. The molecule has 2 nitrogen and oxygen atoms in total. The lowest BCUT2D eigenvalue weighted by molar-refractivity contribution is -0.137. The van der Waals surface area contributed by atoms with Gasteiger partial charge in [0.1, 0.15) is 11.6 Å². The number of alkyl halides is 4. The summed E-state index contributed by atoms with van der Waals surface area (Å²) < 4.78 is 40.6. The number of hydrogen-bond acceptors (Lipinski definition) is 2. The Morgan fingerprint density at radius 3 is 1.87 bits per heavy atom. The summed E-state index contributed by atoms with van der Waals surface area (Å²) >= 11 is 3.59. The van der Waals surface area contributed by atoms with Crippen LogP contribution >= 0.6 is 15.9 Å². The molecule has 0 aromatic heterocycles. The van der Waals surface area contributed by atoms with E-state index < -0.39 is 17.7 Å². The molecule has 0 aliphatic heterocycles. The summed E-state index contributed by atoms with van der Waals surface area (Å²) in [6, 6.07) is 4.22. The molecule has 0 saturated heterocycles. The van der Waals surface area contributed by atoms with Gasteiger partial charge in [-0.05, 0) is 65.0 Å². The molecule has 0 heterocycles. The molecule has 0 atom stereocenters. The van der Waals surface area contributed by atoms with Crippen molar-refractivity contribution in [2.45, 2.75) is 92.9 Å². The highest BCUT2D eigenvalue weighted by Gasteiger charge is 2.34. The lowest BCUT2D eigenvalue weighted by atomic mass is 9.76. The Bertz CT molecular complexity index is 761. The number of rotatable bonds is 2. The first kappa shape index (κ1) is 23.6. The van der Waals surface area contributed by atoms with Crippen LogP contribution in [0.5, 0.6) is 0 Å². The molecule has 1 aromatic carbocycles. The number of hydrogen-bond donors (Lipinski definition) is 0. The molecule has 3 rings (SSSR count). The summed E-state index contributed by atoms with van der Waals surface area (Å²) in [6.45, 7) is 0. The van der Waals surface area contributed by atoms with Crippen LogP contribution in [0.4, 0.5) is 13.2 Å². The van der Waals surface area contributed by atoms with Gasteiger partial charge in [0.15, 0.2) is 0 Å². The second-order valence-corrected chi connectivity index (χ2v) is 10.5. The van der Waals surface area contributed by atoms with Gasteiger partial charge >= 0.3 is 6.18 Å². The largest absolute Gasteiger partial charge is 0.416 e. The Morgan fingerprint density at radius 2 is 1.37 bits per heavy atom. The predicted molar refractivity (Wildman–Crippen MR) is 115 cm³/mol. The number of carbonyl (C=O) groups is 2. The Balaban J connectivity index is 1.88. The maximum absolute atomic E-state index is 13.6. The number of benzene rings is 1. The SMILES string of the molecule is [B]C1(Br)CCCCC(c2cc(C3CC(=O)CC(=O)C3)cc(C(F)(F)F)c2)CCCC1. The number of halogens is 4. The van der Waals surface area contributed by atoms with Crippen molar-refractivity contribution in [1.82, 2.24) is 0 Å². The van der Waals surface area contributed by atoms with E-state index in [-0.39, 0.29) is 41.0 Å². The van der Waals surface area contributed by atoms with E-state index in [0.29, 0.717) is 11.1 Å². The van der Waals surface area contributed by atoms with Gasteiger partial charge in [0.05, 0.1) is 19.8 Å². The van der Waals surface area contributed by atoms with E-state index in [2.05, 4.69) is 15.9 Å². The zero-order chi connectivity index (χ0) is 21.9. The van der Waals surface area contributed by atoms with E-state index in [1.54, 1.807) is 0 Å². The van der Waals surface area contributed by atoms with Crippen LogP contribution in [-0.4, -0.2) is 23.6 Å². The molecule has 0 N–H and O–H groups in total. The number of ketones is 2. The summed E-state index contributed by atoms with van der Waals surface area (Å²) in [5.74, 6) is -0.782. The van der Waals surface area contributed by atoms with Crippen LogP contribution < -0.4 is 0 Å². The number of Topliss-reactive ketones (excluding diaryl/α,β-unsaturated/α-hetero) is 2. The van der Waals surface area contributed by atoms with Gasteiger partial charge in [-0.1, -0.05) is 47.7 Å². The molecule has 2 radical (unpaired) electrons. The van der Waals surface area contributed by atoms with Crippen molar-refractivity contribution in [3.05, 3.63) is 34.9 Å². The van der Waals surface area contributed by atoms with Crippen molar-refractivity contribution < 1.29 is 22.8 Å². The average molecular weight is 483 g/mol. The van der Waals surface area contributed by atoms with Crippen LogP contribution in [-0.2, 0) is 15.8 Å². The molecule has 0 spiro atoms. The number of carbonyl (C=O) groups excluding carboxylic acids is 2. The van der Waals surface area contributed by atoms with Crippen molar-refractivity contribution in [2.75, 3.05) is 0 Å². The Labute approximate surface area is 185 Å². The summed E-state index contributed by atoms with van der Waals surface area (Å²) in [5, 5.41) is 0. The quantitative estimate of drug-likeness (QED) is 0.270. The topological polar surface area (TPSA) is 34.1 Å². The van der Waals surface area contributed by atoms with Crippen molar-refractivity contribution in [3.8, 4) is 0 Å². The minimum Gasteiger partial charge on any atom is -0.299 e. The fraction of sp³-hybridized carbons (Fsp3) is 0.652. The van der Waals surface area contributed by atoms with E-state index in [4.69, 9.17) is 7.85 Å². The third-order valence-electron chi connectivity index (χ3n) is 6.38. The first-order valence-corrected chi connectivity index (χ1v) is 11.6. The first-order valence-electron chi connectivity index (χ1n) is 10.8. The molecular formula is C23H27BBrF3O2. The summed E-state index contributed by atoms with van der Waals surface area (Å²) in [6.07, 6.45) is 2.70. The Kier molecular flexibility index (Phi) is 7.52. The van der Waals surface area contributed by atoms with Gasteiger partial charge in [-0.2, -0.15) is 13.2 Å². The second-order valence-electron chi connectivity index (χ2n) is 8.97. The molecule has 2 aliphatic rings. The summed E-state index contributed by atoms with van der Waals surface area (Å²) in [4.78, 5) is 23.8. The predicted octanol–water partition coefficient (Wildman–Crippen LogP) is 6.59. The van der Waals surface area contributed by atoms with E-state index in [1.165, 1.54) is 6.07 Å². The van der Waals surface area contributed by atoms with Crippen LogP contribution in [0.1, 0.15) is 99.2 Å². The van der Waals surface area contributed by atoms with E-state index >= 15 is 0 Å². The van der Waals surface area contributed by atoms with Gasteiger partial charge in [-0.15, -0.1) is 0 Å². The van der Waals surface area contributed by atoms with Crippen molar-refractivity contribution in [1.29, 1.82) is 0 Å². The highest BCUT2D eigenvalue weighted by Crippen LogP contribution is 2.40. The molecule has 0 amide bonds. The van der Waals surface area contributed by atoms with E-state index in [0.717, 1.165) is 57.4 Å². The highest BCUT2D eigenvalue weighted by molar-refractivity contribution is 9.10. The maximum atomic E-state index is 13.6. The monoisotopic (exact) mass is 482 g/mol. The van der Waals surface area contributed by atoms with Gasteiger partial charge in [-0.25, -0.2) is 0 Å². The average Bonchev–Trinajstić information content (AvgIpc) is 2.65. The normalized spacial score (nSPS) is 27.8. The van der Waals surface area contributed by atoms with Gasteiger partial charge in [0.2, 0.25) is 0 Å². The van der Waals surface area contributed by atoms with Crippen molar-refractivity contribution in [3.63, 3.8) is 0 Å². The van der Waals surface area contributed by atoms with Crippen molar-refractivity contribution >= 4 is 35.3 Å². The molecule has 7 heteroatoms. The Hall–Kier alpha value is -1.11. The first-order chi connectivity index (χ1) is 14.0. The Morgan fingerprint density at radius 1 is 0.867 bits per heavy atom. The molecule has 0 unspecified atom stereocenters. The van der Waals surface area contributed by atoms with Crippen LogP contribution in [0, 0.1) is 0 Å². The molecule has 2 fully saturated rings. The molecule has 162 valence electrons. The highest BCUT2D eigenvalue weighted by atomic mass is 79.9. The smallest absolute Gasteiger partial charge is 0.299 e. The van der Waals surface area contributed by atoms with Crippen LogP contribution in [0.2, 0.25) is 0 Å². The zero-order valence-electron chi connectivity index (χ0n) is 17.1. The van der Waals surface area contributed by atoms with Crippen LogP contribution in [0.25, 0.3) is 0 Å². The zero-order valence-corrected chi connectivity index (χ0v) is 18.7. The lowest BCUT2D eigenvalue weighted by Gasteiger charge is -2.28. The van der Waals surface area contributed by atoms with Gasteiger partial charge in [0, 0.05) is 12.8 Å². The van der Waals surface area contributed by atoms with E-state index in [1.807, 2.05) is 6.07 Å². The minimum absolute atomic E-state index is 0.0432. The van der Waals surface area contributed by atoms with Gasteiger partial charge < -0.3 is 0 Å². The van der Waals surface area contributed by atoms with Crippen molar-refractivity contribution in [2.24, 2.45) is 0 Å². The minimum atomic E-state index is -4.46. The molecule has 30 heavy (non-hydrogen) atoms. The maximum Gasteiger partial charge on any atom is 0.416 e. The van der Waals surface area contributed by atoms with Crippen LogP contribution in [0.15, 0.2) is 18.2 Å². The van der Waals surface area contributed by atoms with E-state index in [9.17, 15) is 22.8 Å². The standard InChI is InChI=1S/C23H27BBrF3O2/c24-22(25)7-3-1-5-15(6-2-4-8-22)16-9-17(11-19(10-16)23(26,27)28)18-12-20(29)14-21(30)13-18/h9-11,15,18H,1-8,12-14H2. The second kappa shape index (κ2) is 9.58. The molecule has 1 aromatic rings. The fourth-order valence-electron chi connectivity index (χ4n) is 4.76. The fourth-order valence-corrected chi connectivity index (χ4v) is 5.32. The molecular weight excluding hydrogens is 456 g/mol. The molecule has 2 aliphatic carbocycles. The molecule has 2 saturated carbocycles. The third-order valence-corrected chi connectivity index (χ3v) is 7.17. The molecule has 0 bridgehead atoms. The van der Waals surface area contributed by atoms with Crippen LogP contribution in [0.3, 0.4) is 0 Å². The summed E-state index contributed by atoms with van der Waals surface area (Å²) in [7, 11) is 6.24. The summed E-state index contributed by atoms with van der Waals surface area (Å²) in [5.41, 5.74) is 0.475. The van der Waals surface area contributed by atoms with Gasteiger partial charge in [-0.3, -0.25) is 9.59 Å². The lowest BCUT2D eigenvalue weighted by Crippen LogP contribution is -2.22. The van der Waals surface area contributed by atoms with Gasteiger partial charge in [0.25, 0.3) is 0 Å².